The van der Waals surface area contributed by atoms with E-state index in [9.17, 15) is 9.59 Å². The molecule has 52 heavy (non-hydrogen) atoms. The van der Waals surface area contributed by atoms with Crippen LogP contribution >= 0.6 is 43.5 Å². The molecule has 1 aliphatic heterocycles. The number of benzene rings is 5. The number of fused-ring (bicyclic) bond motifs is 2. The molecule has 6 aromatic rings. The third kappa shape index (κ3) is 9.26. The zero-order chi connectivity index (χ0) is 36.4. The number of aliphatic imine (C=N–C) groups is 1. The maximum atomic E-state index is 11.5. The zero-order valence-electron chi connectivity index (χ0n) is 28.4. The summed E-state index contributed by atoms with van der Waals surface area (Å²) in [6.07, 6.45) is 0. The molecule has 268 valence electrons. The number of carbonyl (C=O) groups excluding carboxylic acids is 2. The van der Waals surface area contributed by atoms with Gasteiger partial charge < -0.3 is 9.47 Å². The van der Waals surface area contributed by atoms with Gasteiger partial charge in [0, 0.05) is 18.0 Å². The van der Waals surface area contributed by atoms with Crippen LogP contribution in [0.1, 0.15) is 69.8 Å². The largest absolute Gasteiger partial charge is 0.462 e. The van der Waals surface area contributed by atoms with E-state index in [-0.39, 0.29) is 19.4 Å². The number of nitrogens with zero attached hydrogens (tertiary/aromatic N) is 3. The van der Waals surface area contributed by atoms with E-state index >= 15 is 0 Å². The van der Waals surface area contributed by atoms with Crippen LogP contribution in [0, 0.1) is 0 Å². The first kappa shape index (κ1) is 40.2. The molecule has 2 heterocycles. The Balaban J connectivity index is 0.000000175. The molecule has 10 heteroatoms. The van der Waals surface area contributed by atoms with Gasteiger partial charge in [-0.1, -0.05) is 104 Å². The van der Waals surface area contributed by atoms with Crippen molar-refractivity contribution in [3.05, 3.63) is 171 Å². The molecule has 0 unspecified atom stereocenters. The van der Waals surface area contributed by atoms with E-state index in [2.05, 4.69) is 78.3 Å². The number of esters is 2. The molecule has 0 saturated carbocycles. The lowest BCUT2D eigenvalue weighted by Crippen LogP contribution is -2.22. The van der Waals surface area contributed by atoms with Crippen molar-refractivity contribution in [3.63, 3.8) is 0 Å². The van der Waals surface area contributed by atoms with Gasteiger partial charge in [-0.25, -0.2) is 9.59 Å². The smallest absolute Gasteiger partial charge is 0.338 e. The Morgan fingerprint density at radius 3 is 1.67 bits per heavy atom. The summed E-state index contributed by atoms with van der Waals surface area (Å²) in [6, 6.07) is 41.5. The van der Waals surface area contributed by atoms with Gasteiger partial charge in [0.15, 0.2) is 0 Å². The van der Waals surface area contributed by atoms with Crippen LogP contribution in [0.2, 0.25) is 0 Å². The summed E-state index contributed by atoms with van der Waals surface area (Å²) in [7, 11) is 1.86. The molecule has 0 radical (unpaired) electrons. The second-order valence-corrected chi connectivity index (χ2v) is 13.4. The molecule has 1 aliphatic rings. The normalized spacial score (nSPS) is 11.5. The Labute approximate surface area is 326 Å². The summed E-state index contributed by atoms with van der Waals surface area (Å²) < 4.78 is 13.2. The first-order valence-electron chi connectivity index (χ1n) is 16.3. The van der Waals surface area contributed by atoms with Gasteiger partial charge in [-0.15, -0.1) is 11.6 Å². The lowest BCUT2D eigenvalue weighted by Gasteiger charge is -2.29. The lowest BCUT2D eigenvalue weighted by molar-refractivity contribution is 0.0517. The van der Waals surface area contributed by atoms with E-state index in [0.29, 0.717) is 30.9 Å². The highest BCUT2D eigenvalue weighted by Gasteiger charge is 2.33. The molecule has 7 nitrogen and oxygen atoms in total. The minimum absolute atomic E-state index is 0. The van der Waals surface area contributed by atoms with Gasteiger partial charge in [0.25, 0.3) is 0 Å². The van der Waals surface area contributed by atoms with Crippen molar-refractivity contribution in [3.8, 4) is 0 Å². The molecular weight excluding hydrogens is 806 g/mol. The monoisotopic (exact) mass is 843 g/mol. The fourth-order valence-corrected chi connectivity index (χ4v) is 6.98. The number of hydrogen-bond acceptors (Lipinski definition) is 6. The number of aryl methyl sites for hydroxylation is 1. The van der Waals surface area contributed by atoms with Crippen molar-refractivity contribution in [1.82, 2.24) is 9.78 Å². The Bertz CT molecular complexity index is 2040. The topological polar surface area (TPSA) is 82.8 Å². The number of carbonyl (C=O) groups is 2. The Kier molecular flexibility index (Phi) is 14.5. The van der Waals surface area contributed by atoms with Gasteiger partial charge in [0.1, 0.15) is 14.1 Å². The molecule has 0 atom stereocenters. The van der Waals surface area contributed by atoms with Gasteiger partial charge in [-0.05, 0) is 98.3 Å². The van der Waals surface area contributed by atoms with Crippen molar-refractivity contribution in [1.29, 1.82) is 0 Å². The van der Waals surface area contributed by atoms with Crippen molar-refractivity contribution in [2.24, 2.45) is 12.0 Å². The summed E-state index contributed by atoms with van der Waals surface area (Å²) in [5.74, 6) is -0.590. The van der Waals surface area contributed by atoms with Crippen LogP contribution in [0.3, 0.4) is 0 Å². The van der Waals surface area contributed by atoms with Crippen LogP contribution in [0.5, 0.6) is 0 Å². The van der Waals surface area contributed by atoms with E-state index in [1.807, 2.05) is 79.8 Å². The number of alkyl halides is 1. The summed E-state index contributed by atoms with van der Waals surface area (Å²) in [6.45, 7) is 5.04. The van der Waals surface area contributed by atoms with Gasteiger partial charge in [-0.2, -0.15) is 5.10 Å². The maximum absolute atomic E-state index is 11.5. The average Bonchev–Trinajstić information content (AvgIpc) is 3.69. The standard InChI is InChI=1S/C19H15Cl.C11H11BrN2O2.C11H10BrNO2.CH4/c20-19(16-10-4-1-5-11-16,17-12-6-2-7-13-17)18-14-8-3-9-15-18;1-3-16-11(15)7-4-5-9-8(6-7)10(12)13-14(9)2;1-2-15-11(14)7-3-4-8-6-13-10(12)9(8)5-7;/h1-15H;4-6H,3H2,1-2H3;3-5H,2,6H2,1H3;1H4. The maximum Gasteiger partial charge on any atom is 0.338 e. The van der Waals surface area contributed by atoms with Gasteiger partial charge in [-0.3, -0.25) is 9.67 Å². The van der Waals surface area contributed by atoms with Crippen LogP contribution in [-0.2, 0) is 27.9 Å². The zero-order valence-corrected chi connectivity index (χ0v) is 32.3. The van der Waals surface area contributed by atoms with Gasteiger partial charge >= 0.3 is 11.9 Å². The predicted molar refractivity (Wildman–Crippen MR) is 218 cm³/mol. The van der Waals surface area contributed by atoms with Crippen LogP contribution in [0.4, 0.5) is 0 Å². The second kappa shape index (κ2) is 18.8. The van der Waals surface area contributed by atoms with E-state index in [1.54, 1.807) is 36.7 Å². The van der Waals surface area contributed by atoms with Crippen molar-refractivity contribution >= 4 is 70.9 Å². The molecule has 7 rings (SSSR count). The highest BCUT2D eigenvalue weighted by molar-refractivity contribution is 9.18. The molecule has 0 saturated heterocycles. The van der Waals surface area contributed by atoms with E-state index in [0.717, 1.165) is 47.9 Å². The SMILES string of the molecule is C.CCOC(=O)c1ccc2c(c1)C(Br)=NC2.CCOC(=O)c1ccc2c(c1)c(Br)nn2C.ClC(c1ccccc1)(c1ccccc1)c1ccccc1. The molecule has 1 aromatic heterocycles. The molecular formula is C42H40Br2ClN3O4. The predicted octanol–water partition coefficient (Wildman–Crippen LogP) is 10.9. The summed E-state index contributed by atoms with van der Waals surface area (Å²) in [5.41, 5.74) is 7.46. The summed E-state index contributed by atoms with van der Waals surface area (Å²) >= 11 is 13.8. The van der Waals surface area contributed by atoms with E-state index in [4.69, 9.17) is 21.1 Å². The fraction of sp³-hybridized carbons (Fsp3) is 0.190. The van der Waals surface area contributed by atoms with Crippen molar-refractivity contribution in [2.75, 3.05) is 13.2 Å². The first-order chi connectivity index (χ1) is 24.7. The number of aromatic nitrogens is 2. The highest BCUT2D eigenvalue weighted by atomic mass is 79.9. The molecule has 5 aromatic carbocycles. The quantitative estimate of drug-likeness (QED) is 0.0908. The van der Waals surface area contributed by atoms with Gasteiger partial charge in [0.05, 0.1) is 36.4 Å². The number of rotatable bonds is 7. The van der Waals surface area contributed by atoms with Crippen molar-refractivity contribution < 1.29 is 19.1 Å². The third-order valence-electron chi connectivity index (χ3n) is 8.06. The molecule has 0 bridgehead atoms. The number of halogens is 3. The molecule has 0 aliphatic carbocycles. The average molecular weight is 846 g/mol. The Morgan fingerprint density at radius 2 is 1.19 bits per heavy atom. The lowest BCUT2D eigenvalue weighted by atomic mass is 9.84. The highest BCUT2D eigenvalue weighted by Crippen LogP contribution is 2.42. The van der Waals surface area contributed by atoms with Gasteiger partial charge in [0.2, 0.25) is 0 Å². The van der Waals surface area contributed by atoms with E-state index in [1.165, 1.54) is 0 Å². The van der Waals surface area contributed by atoms with Crippen LogP contribution < -0.4 is 0 Å². The third-order valence-corrected chi connectivity index (χ3v) is 9.98. The second-order valence-electron chi connectivity index (χ2n) is 11.3. The number of hydrogen-bond donors (Lipinski definition) is 0. The minimum Gasteiger partial charge on any atom is -0.462 e. The van der Waals surface area contributed by atoms with Crippen LogP contribution in [0.15, 0.2) is 137 Å². The van der Waals surface area contributed by atoms with Crippen LogP contribution in [-0.4, -0.2) is 39.6 Å². The van der Waals surface area contributed by atoms with E-state index < -0.39 is 4.87 Å². The summed E-state index contributed by atoms with van der Waals surface area (Å²) in [5, 5.41) is 5.13. The number of ether oxygens (including phenoxy) is 2. The minimum atomic E-state index is -0.649. The van der Waals surface area contributed by atoms with Crippen molar-refractivity contribution in [2.45, 2.75) is 32.7 Å². The molecule has 0 spiro atoms. The van der Waals surface area contributed by atoms with Crippen LogP contribution in [0.25, 0.3) is 10.9 Å². The Morgan fingerprint density at radius 1 is 0.731 bits per heavy atom. The summed E-state index contributed by atoms with van der Waals surface area (Å²) in [4.78, 5) is 26.6. The molecule has 0 fully saturated rings. The fourth-order valence-electron chi connectivity index (χ4n) is 5.56. The first-order valence-corrected chi connectivity index (χ1v) is 18.3. The Hall–Kier alpha value is -4.57. The molecule has 0 N–H and O–H groups in total. The molecule has 0 amide bonds.